The monoisotopic (exact) mass is 444 g/mol. The van der Waals surface area contributed by atoms with E-state index in [1.165, 1.54) is 11.1 Å². The molecule has 172 valence electrons. The molecule has 3 aromatic carbocycles. The molecule has 0 saturated carbocycles. The van der Waals surface area contributed by atoms with Crippen molar-refractivity contribution in [2.24, 2.45) is 0 Å². The van der Waals surface area contributed by atoms with Crippen LogP contribution in [0.15, 0.2) is 66.7 Å². The Bertz CT molecular complexity index is 1070. The van der Waals surface area contributed by atoms with Crippen molar-refractivity contribution in [3.05, 3.63) is 94.5 Å². The lowest BCUT2D eigenvalue weighted by Gasteiger charge is -2.10. The van der Waals surface area contributed by atoms with Crippen LogP contribution in [0.2, 0.25) is 0 Å². The van der Waals surface area contributed by atoms with Gasteiger partial charge in [-0.1, -0.05) is 51.0 Å². The van der Waals surface area contributed by atoms with Gasteiger partial charge < -0.3 is 9.47 Å². The number of rotatable bonds is 10. The fourth-order valence-corrected chi connectivity index (χ4v) is 3.50. The van der Waals surface area contributed by atoms with Crippen LogP contribution in [0.5, 0.6) is 11.5 Å². The lowest BCUT2D eigenvalue weighted by Crippen LogP contribution is -2.10. The number of esters is 2. The van der Waals surface area contributed by atoms with Gasteiger partial charge in [-0.15, -0.1) is 0 Å². The van der Waals surface area contributed by atoms with Gasteiger partial charge in [0, 0.05) is 0 Å². The maximum atomic E-state index is 12.5. The van der Waals surface area contributed by atoms with Crippen LogP contribution < -0.4 is 9.47 Å². The third-order valence-electron chi connectivity index (χ3n) is 5.58. The SMILES string of the molecule is CCCCc1ccc(C(=O)Oc2ccc(OC(=O)c3ccc(CCCC)cc3)c(C)c2)cc1. The minimum atomic E-state index is -0.413. The van der Waals surface area contributed by atoms with Gasteiger partial charge in [0.05, 0.1) is 11.1 Å². The van der Waals surface area contributed by atoms with Gasteiger partial charge in [0.25, 0.3) is 0 Å². The summed E-state index contributed by atoms with van der Waals surface area (Å²) in [5.41, 5.74) is 4.15. The van der Waals surface area contributed by atoms with Gasteiger partial charge in [0.15, 0.2) is 0 Å². The molecule has 0 saturated heterocycles. The fraction of sp³-hybridized carbons (Fsp3) is 0.310. The van der Waals surface area contributed by atoms with E-state index in [0.29, 0.717) is 28.2 Å². The maximum Gasteiger partial charge on any atom is 0.343 e. The molecule has 0 N–H and O–H groups in total. The Morgan fingerprint density at radius 1 is 0.667 bits per heavy atom. The first-order valence-electron chi connectivity index (χ1n) is 11.7. The second-order valence-electron chi connectivity index (χ2n) is 8.31. The first kappa shape index (κ1) is 24.2. The number of unbranched alkanes of at least 4 members (excludes halogenated alkanes) is 2. The first-order valence-corrected chi connectivity index (χ1v) is 11.7. The minimum absolute atomic E-state index is 0.409. The van der Waals surface area contributed by atoms with Crippen LogP contribution in [0.4, 0.5) is 0 Å². The fourth-order valence-electron chi connectivity index (χ4n) is 3.50. The Balaban J connectivity index is 1.60. The van der Waals surface area contributed by atoms with Crippen molar-refractivity contribution in [3.8, 4) is 11.5 Å². The van der Waals surface area contributed by atoms with E-state index in [9.17, 15) is 9.59 Å². The standard InChI is InChI=1S/C29H32O4/c1-4-6-8-22-10-14-24(15-11-22)28(30)32-26-18-19-27(21(3)20-26)33-29(31)25-16-12-23(13-17-25)9-7-5-2/h10-20H,4-9H2,1-3H3. The highest BCUT2D eigenvalue weighted by molar-refractivity contribution is 5.92. The molecular formula is C29H32O4. The molecule has 0 radical (unpaired) electrons. The summed E-state index contributed by atoms with van der Waals surface area (Å²) in [5, 5.41) is 0. The van der Waals surface area contributed by atoms with E-state index in [-0.39, 0.29) is 0 Å². The predicted molar refractivity (Wildman–Crippen MR) is 131 cm³/mol. The van der Waals surface area contributed by atoms with E-state index in [2.05, 4.69) is 13.8 Å². The number of aryl methyl sites for hydroxylation is 3. The number of carbonyl (C=O) groups excluding carboxylic acids is 2. The zero-order valence-electron chi connectivity index (χ0n) is 19.7. The Labute approximate surface area is 196 Å². The Morgan fingerprint density at radius 2 is 1.15 bits per heavy atom. The van der Waals surface area contributed by atoms with E-state index in [0.717, 1.165) is 38.5 Å². The van der Waals surface area contributed by atoms with Crippen molar-refractivity contribution in [1.82, 2.24) is 0 Å². The highest BCUT2D eigenvalue weighted by Crippen LogP contribution is 2.25. The molecule has 0 aliphatic heterocycles. The lowest BCUT2D eigenvalue weighted by molar-refractivity contribution is 0.0718. The van der Waals surface area contributed by atoms with Gasteiger partial charge in [-0.2, -0.15) is 0 Å². The molecule has 0 bridgehead atoms. The van der Waals surface area contributed by atoms with Gasteiger partial charge in [-0.25, -0.2) is 9.59 Å². The van der Waals surface area contributed by atoms with Gasteiger partial charge >= 0.3 is 11.9 Å². The summed E-state index contributed by atoms with van der Waals surface area (Å²) in [6.07, 6.45) is 6.55. The van der Waals surface area contributed by atoms with Crippen LogP contribution in [0, 0.1) is 6.92 Å². The molecule has 0 aliphatic rings. The van der Waals surface area contributed by atoms with Crippen molar-refractivity contribution in [2.45, 2.75) is 59.3 Å². The summed E-state index contributed by atoms with van der Waals surface area (Å²) in [5.74, 6) is 0.0279. The van der Waals surface area contributed by atoms with Gasteiger partial charge in [0.1, 0.15) is 11.5 Å². The number of benzene rings is 3. The quantitative estimate of drug-likeness (QED) is 0.247. The van der Waals surface area contributed by atoms with E-state index in [1.807, 2.05) is 31.2 Å². The molecule has 0 unspecified atom stereocenters. The third-order valence-corrected chi connectivity index (χ3v) is 5.58. The summed E-state index contributed by atoms with van der Waals surface area (Å²) in [7, 11) is 0. The second kappa shape index (κ2) is 12.0. The topological polar surface area (TPSA) is 52.6 Å². The average Bonchev–Trinajstić information content (AvgIpc) is 2.83. The molecule has 3 aromatic rings. The van der Waals surface area contributed by atoms with Crippen molar-refractivity contribution < 1.29 is 19.1 Å². The number of hydrogen-bond donors (Lipinski definition) is 0. The summed E-state index contributed by atoms with van der Waals surface area (Å²) in [6.45, 7) is 6.13. The van der Waals surface area contributed by atoms with Crippen LogP contribution in [0.3, 0.4) is 0 Å². The summed E-state index contributed by atoms with van der Waals surface area (Å²) in [6, 6.07) is 20.1. The van der Waals surface area contributed by atoms with Crippen LogP contribution in [0.25, 0.3) is 0 Å². The molecule has 4 nitrogen and oxygen atoms in total. The number of ether oxygens (including phenoxy) is 2. The number of hydrogen-bond acceptors (Lipinski definition) is 4. The predicted octanol–water partition coefficient (Wildman–Crippen LogP) is 7.12. The van der Waals surface area contributed by atoms with E-state index in [1.54, 1.807) is 42.5 Å². The minimum Gasteiger partial charge on any atom is -0.423 e. The third kappa shape index (κ3) is 7.04. The molecule has 0 heterocycles. The molecule has 0 amide bonds. The Hall–Kier alpha value is -3.40. The molecule has 0 spiro atoms. The van der Waals surface area contributed by atoms with Gasteiger partial charge in [-0.05, 0) is 91.8 Å². The Kier molecular flexibility index (Phi) is 8.82. The molecule has 0 aromatic heterocycles. The van der Waals surface area contributed by atoms with Gasteiger partial charge in [0.2, 0.25) is 0 Å². The van der Waals surface area contributed by atoms with Crippen molar-refractivity contribution in [3.63, 3.8) is 0 Å². The average molecular weight is 445 g/mol. The Morgan fingerprint density at radius 3 is 1.61 bits per heavy atom. The summed E-state index contributed by atoms with van der Waals surface area (Å²) in [4.78, 5) is 25.0. The summed E-state index contributed by atoms with van der Waals surface area (Å²) < 4.78 is 11.1. The van der Waals surface area contributed by atoms with E-state index < -0.39 is 11.9 Å². The van der Waals surface area contributed by atoms with Crippen LogP contribution in [-0.2, 0) is 12.8 Å². The maximum absolute atomic E-state index is 12.5. The molecule has 0 fully saturated rings. The van der Waals surface area contributed by atoms with Crippen molar-refractivity contribution >= 4 is 11.9 Å². The van der Waals surface area contributed by atoms with E-state index >= 15 is 0 Å². The van der Waals surface area contributed by atoms with Crippen LogP contribution >= 0.6 is 0 Å². The van der Waals surface area contributed by atoms with E-state index in [4.69, 9.17) is 9.47 Å². The first-order chi connectivity index (χ1) is 16.0. The smallest absolute Gasteiger partial charge is 0.343 e. The highest BCUT2D eigenvalue weighted by atomic mass is 16.5. The van der Waals surface area contributed by atoms with Crippen LogP contribution in [-0.4, -0.2) is 11.9 Å². The molecular weight excluding hydrogens is 412 g/mol. The molecule has 4 heteroatoms. The summed E-state index contributed by atoms with van der Waals surface area (Å²) >= 11 is 0. The zero-order chi connectivity index (χ0) is 23.6. The zero-order valence-corrected chi connectivity index (χ0v) is 19.7. The highest BCUT2D eigenvalue weighted by Gasteiger charge is 2.13. The van der Waals surface area contributed by atoms with Crippen molar-refractivity contribution in [1.29, 1.82) is 0 Å². The van der Waals surface area contributed by atoms with Crippen LogP contribution in [0.1, 0.15) is 76.9 Å². The largest absolute Gasteiger partial charge is 0.423 e. The molecule has 0 atom stereocenters. The number of carbonyl (C=O) groups is 2. The molecule has 33 heavy (non-hydrogen) atoms. The molecule has 3 rings (SSSR count). The molecule has 0 aliphatic carbocycles. The normalized spacial score (nSPS) is 10.6. The van der Waals surface area contributed by atoms with Gasteiger partial charge in [-0.3, -0.25) is 0 Å². The lowest BCUT2D eigenvalue weighted by atomic mass is 10.1. The second-order valence-corrected chi connectivity index (χ2v) is 8.31. The van der Waals surface area contributed by atoms with Crippen molar-refractivity contribution in [2.75, 3.05) is 0 Å².